The molecule has 28 heavy (non-hydrogen) atoms. The Bertz CT molecular complexity index is 806. The van der Waals surface area contributed by atoms with Crippen molar-refractivity contribution in [3.8, 4) is 5.75 Å². The minimum Gasteiger partial charge on any atom is -0.484 e. The monoisotopic (exact) mass is 402 g/mol. The van der Waals surface area contributed by atoms with Crippen molar-refractivity contribution in [2.75, 3.05) is 6.61 Å². The normalized spacial score (nSPS) is 11.8. The van der Waals surface area contributed by atoms with Crippen LogP contribution < -0.4 is 10.1 Å². The Morgan fingerprint density at radius 1 is 1.07 bits per heavy atom. The van der Waals surface area contributed by atoms with Gasteiger partial charge in [0.2, 0.25) is 5.91 Å². The number of nitrogens with one attached hydrogen (secondary N) is 1. The molecule has 0 saturated heterocycles. The maximum Gasteiger partial charge on any atom is 0.261 e. The maximum absolute atomic E-state index is 12.9. The Kier molecular flexibility index (Phi) is 7.88. The van der Waals surface area contributed by atoms with Gasteiger partial charge in [-0.2, -0.15) is 0 Å². The van der Waals surface area contributed by atoms with Gasteiger partial charge in [-0.1, -0.05) is 41.9 Å². The van der Waals surface area contributed by atoms with E-state index in [1.54, 1.807) is 19.1 Å². The molecule has 2 aromatic rings. The summed E-state index contributed by atoms with van der Waals surface area (Å²) in [5, 5.41) is 3.48. The SMILES string of the molecule is Cc1ccccc1OCC(=O)N(Cc1ccc(Cl)cc1)[C@@H](C)C(=O)NC(C)C. The number of para-hydroxylation sites is 1. The fraction of sp³-hybridized carbons (Fsp3) is 0.364. The summed E-state index contributed by atoms with van der Waals surface area (Å²) in [5.41, 5.74) is 1.84. The Hall–Kier alpha value is -2.53. The summed E-state index contributed by atoms with van der Waals surface area (Å²) in [7, 11) is 0. The van der Waals surface area contributed by atoms with Crippen LogP contribution in [0.1, 0.15) is 31.9 Å². The highest BCUT2D eigenvalue weighted by Gasteiger charge is 2.27. The molecule has 2 amide bonds. The molecule has 0 aliphatic heterocycles. The number of rotatable bonds is 8. The van der Waals surface area contributed by atoms with Gasteiger partial charge in [0.05, 0.1) is 0 Å². The molecular weight excluding hydrogens is 376 g/mol. The van der Waals surface area contributed by atoms with E-state index in [9.17, 15) is 9.59 Å². The first kappa shape index (κ1) is 21.8. The smallest absolute Gasteiger partial charge is 0.261 e. The van der Waals surface area contributed by atoms with Crippen LogP contribution in [-0.4, -0.2) is 35.4 Å². The molecule has 0 aliphatic rings. The summed E-state index contributed by atoms with van der Waals surface area (Å²) in [4.78, 5) is 27.0. The third-order valence-electron chi connectivity index (χ3n) is 4.31. The van der Waals surface area contributed by atoms with E-state index in [1.807, 2.05) is 57.2 Å². The molecule has 150 valence electrons. The lowest BCUT2D eigenvalue weighted by Gasteiger charge is -2.29. The summed E-state index contributed by atoms with van der Waals surface area (Å²) >= 11 is 5.95. The van der Waals surface area contributed by atoms with Gasteiger partial charge in [0.15, 0.2) is 6.61 Å². The fourth-order valence-corrected chi connectivity index (χ4v) is 2.84. The van der Waals surface area contributed by atoms with Gasteiger partial charge in [0.1, 0.15) is 11.8 Å². The van der Waals surface area contributed by atoms with E-state index >= 15 is 0 Å². The predicted octanol–water partition coefficient (Wildman–Crippen LogP) is 3.97. The molecule has 1 atom stereocenters. The third kappa shape index (κ3) is 6.27. The molecule has 0 radical (unpaired) electrons. The summed E-state index contributed by atoms with van der Waals surface area (Å²) < 4.78 is 5.70. The largest absolute Gasteiger partial charge is 0.484 e. The topological polar surface area (TPSA) is 58.6 Å². The number of carbonyl (C=O) groups excluding carboxylic acids is 2. The van der Waals surface area contributed by atoms with E-state index in [-0.39, 0.29) is 24.5 Å². The third-order valence-corrected chi connectivity index (χ3v) is 4.56. The number of halogens is 1. The first-order valence-electron chi connectivity index (χ1n) is 9.30. The molecule has 6 heteroatoms. The van der Waals surface area contributed by atoms with Crippen molar-refractivity contribution in [1.82, 2.24) is 10.2 Å². The van der Waals surface area contributed by atoms with Crippen LogP contribution in [0.3, 0.4) is 0 Å². The summed E-state index contributed by atoms with van der Waals surface area (Å²) in [6, 6.07) is 14.1. The van der Waals surface area contributed by atoms with E-state index in [2.05, 4.69) is 5.32 Å². The predicted molar refractivity (Wildman–Crippen MR) is 111 cm³/mol. The van der Waals surface area contributed by atoms with Crippen LogP contribution >= 0.6 is 11.6 Å². The Morgan fingerprint density at radius 2 is 1.71 bits per heavy atom. The van der Waals surface area contributed by atoms with Gasteiger partial charge in [-0.05, 0) is 57.0 Å². The van der Waals surface area contributed by atoms with Crippen molar-refractivity contribution in [3.05, 3.63) is 64.7 Å². The first-order valence-corrected chi connectivity index (χ1v) is 9.68. The number of hydrogen-bond acceptors (Lipinski definition) is 3. The summed E-state index contributed by atoms with van der Waals surface area (Å²) in [5.74, 6) is 0.194. The highest BCUT2D eigenvalue weighted by Crippen LogP contribution is 2.17. The lowest BCUT2D eigenvalue weighted by Crippen LogP contribution is -2.50. The number of nitrogens with zero attached hydrogens (tertiary/aromatic N) is 1. The van der Waals surface area contributed by atoms with Crippen molar-refractivity contribution in [1.29, 1.82) is 0 Å². The average Bonchev–Trinajstić information content (AvgIpc) is 2.65. The molecule has 0 aromatic heterocycles. The van der Waals surface area contributed by atoms with Crippen LogP contribution in [-0.2, 0) is 16.1 Å². The molecule has 0 unspecified atom stereocenters. The van der Waals surface area contributed by atoms with Gasteiger partial charge in [0, 0.05) is 17.6 Å². The van der Waals surface area contributed by atoms with Gasteiger partial charge in [-0.15, -0.1) is 0 Å². The molecule has 0 fully saturated rings. The number of amides is 2. The molecule has 1 N–H and O–H groups in total. The fourth-order valence-electron chi connectivity index (χ4n) is 2.72. The van der Waals surface area contributed by atoms with Crippen LogP contribution in [0.15, 0.2) is 48.5 Å². The number of carbonyl (C=O) groups is 2. The highest BCUT2D eigenvalue weighted by atomic mass is 35.5. The number of benzene rings is 2. The van der Waals surface area contributed by atoms with Crippen LogP contribution in [0.2, 0.25) is 5.02 Å². The van der Waals surface area contributed by atoms with Crippen LogP contribution in [0, 0.1) is 6.92 Å². The summed E-state index contributed by atoms with van der Waals surface area (Å²) in [6.07, 6.45) is 0. The second-order valence-corrected chi connectivity index (χ2v) is 7.48. The minimum atomic E-state index is -0.633. The molecule has 0 saturated carbocycles. The van der Waals surface area contributed by atoms with E-state index in [4.69, 9.17) is 16.3 Å². The standard InChI is InChI=1S/C22H27ClN2O3/c1-15(2)24-22(27)17(4)25(13-18-9-11-19(23)12-10-18)21(26)14-28-20-8-6-5-7-16(20)3/h5-12,15,17H,13-14H2,1-4H3,(H,24,27)/t17-/m0/s1. The Labute approximate surface area is 171 Å². The maximum atomic E-state index is 12.9. The van der Waals surface area contributed by atoms with Gasteiger partial charge in [-0.3, -0.25) is 9.59 Å². The van der Waals surface area contributed by atoms with E-state index in [1.165, 1.54) is 4.90 Å². The molecule has 2 aromatic carbocycles. The molecular formula is C22H27ClN2O3. The molecule has 0 spiro atoms. The van der Waals surface area contributed by atoms with E-state index in [0.717, 1.165) is 11.1 Å². The molecule has 2 rings (SSSR count). The number of aryl methyl sites for hydroxylation is 1. The lowest BCUT2D eigenvalue weighted by atomic mass is 10.1. The number of ether oxygens (including phenoxy) is 1. The molecule has 0 aliphatic carbocycles. The van der Waals surface area contributed by atoms with Crippen molar-refractivity contribution in [2.24, 2.45) is 0 Å². The van der Waals surface area contributed by atoms with Gasteiger partial charge in [0.25, 0.3) is 5.91 Å². The number of hydrogen-bond donors (Lipinski definition) is 1. The van der Waals surface area contributed by atoms with E-state index < -0.39 is 6.04 Å². The van der Waals surface area contributed by atoms with Gasteiger partial charge in [-0.25, -0.2) is 0 Å². The van der Waals surface area contributed by atoms with Gasteiger partial charge >= 0.3 is 0 Å². The molecule has 5 nitrogen and oxygen atoms in total. The van der Waals surface area contributed by atoms with Crippen molar-refractivity contribution < 1.29 is 14.3 Å². The van der Waals surface area contributed by atoms with Crippen LogP contribution in [0.25, 0.3) is 0 Å². The van der Waals surface area contributed by atoms with Gasteiger partial charge < -0.3 is 15.0 Å². The van der Waals surface area contributed by atoms with E-state index in [0.29, 0.717) is 17.3 Å². The quantitative estimate of drug-likeness (QED) is 0.726. The zero-order valence-corrected chi connectivity index (χ0v) is 17.5. The van der Waals surface area contributed by atoms with Crippen LogP contribution in [0.5, 0.6) is 5.75 Å². The Balaban J connectivity index is 2.15. The zero-order chi connectivity index (χ0) is 20.7. The van der Waals surface area contributed by atoms with Crippen molar-refractivity contribution in [2.45, 2.75) is 46.3 Å². The van der Waals surface area contributed by atoms with Crippen molar-refractivity contribution >= 4 is 23.4 Å². The highest BCUT2D eigenvalue weighted by molar-refractivity contribution is 6.30. The summed E-state index contributed by atoms with van der Waals surface area (Å²) in [6.45, 7) is 7.56. The van der Waals surface area contributed by atoms with Crippen molar-refractivity contribution in [3.63, 3.8) is 0 Å². The minimum absolute atomic E-state index is 0.00866. The Morgan fingerprint density at radius 3 is 2.32 bits per heavy atom. The zero-order valence-electron chi connectivity index (χ0n) is 16.7. The molecule has 0 heterocycles. The first-order chi connectivity index (χ1) is 13.3. The lowest BCUT2D eigenvalue weighted by molar-refractivity contribution is -0.142. The second-order valence-electron chi connectivity index (χ2n) is 7.04. The average molecular weight is 403 g/mol. The van der Waals surface area contributed by atoms with Crippen LogP contribution in [0.4, 0.5) is 0 Å². The second kappa shape index (κ2) is 10.1. The molecule has 0 bridgehead atoms.